The van der Waals surface area contributed by atoms with E-state index in [1.54, 1.807) is 0 Å². The molecule has 0 spiro atoms. The van der Waals surface area contributed by atoms with Crippen molar-refractivity contribution in [3.63, 3.8) is 0 Å². The van der Waals surface area contributed by atoms with E-state index in [0.717, 1.165) is 34.5 Å². The van der Waals surface area contributed by atoms with Crippen molar-refractivity contribution in [1.29, 1.82) is 0 Å². The quantitative estimate of drug-likeness (QED) is 0.914. The van der Waals surface area contributed by atoms with Crippen LogP contribution < -0.4 is 0 Å². The lowest BCUT2D eigenvalue weighted by Crippen LogP contribution is -2.04. The molecule has 1 aromatic carbocycles. The number of aromatic nitrogens is 2. The molecule has 0 aliphatic heterocycles. The second-order valence-electron chi connectivity index (χ2n) is 4.65. The van der Waals surface area contributed by atoms with Gasteiger partial charge in [-0.05, 0) is 42.1 Å². The van der Waals surface area contributed by atoms with Crippen LogP contribution in [-0.4, -0.2) is 14.7 Å². The average Bonchev–Trinajstić information content (AvgIpc) is 2.81. The zero-order valence-corrected chi connectivity index (χ0v) is 12.6. The van der Waals surface area contributed by atoms with Gasteiger partial charge in [0.25, 0.3) is 0 Å². The van der Waals surface area contributed by atoms with Crippen LogP contribution in [0.15, 0.2) is 18.2 Å². The van der Waals surface area contributed by atoms with Crippen LogP contribution in [0.1, 0.15) is 41.1 Å². The highest BCUT2D eigenvalue weighted by molar-refractivity contribution is 7.05. The summed E-state index contributed by atoms with van der Waals surface area (Å²) in [5, 5.41) is 15.1. The van der Waals surface area contributed by atoms with Crippen molar-refractivity contribution in [2.75, 3.05) is 0 Å². The highest BCUT2D eigenvalue weighted by Crippen LogP contribution is 2.28. The summed E-state index contributed by atoms with van der Waals surface area (Å²) < 4.78 is 3.94. The van der Waals surface area contributed by atoms with E-state index < -0.39 is 6.10 Å². The Bertz CT molecular complexity index is 556. The van der Waals surface area contributed by atoms with Gasteiger partial charge in [0, 0.05) is 11.4 Å². The molecule has 0 saturated carbocycles. The molecule has 1 unspecified atom stereocenters. The van der Waals surface area contributed by atoms with Gasteiger partial charge in [0.1, 0.15) is 0 Å². The van der Waals surface area contributed by atoms with Crippen LogP contribution in [0.25, 0.3) is 0 Å². The summed E-state index contributed by atoms with van der Waals surface area (Å²) in [7, 11) is 0. The van der Waals surface area contributed by atoms with Gasteiger partial charge in [0.15, 0.2) is 0 Å². The minimum atomic E-state index is -0.582. The van der Waals surface area contributed by atoms with E-state index in [0.29, 0.717) is 11.4 Å². The number of aliphatic hydroxyl groups is 1. The standard InChI is InChI=1S/C14H17ClN2OS/c1-3-4-12-14(19-17-16-12)13(18)8-10-6-5-9(2)7-11(10)15/h5-7,13,18H,3-4,8H2,1-2H3. The van der Waals surface area contributed by atoms with Crippen molar-refractivity contribution in [1.82, 2.24) is 9.59 Å². The van der Waals surface area contributed by atoms with Crippen LogP contribution >= 0.6 is 23.1 Å². The molecule has 2 rings (SSSR count). The number of nitrogens with zero attached hydrogens (tertiary/aromatic N) is 2. The lowest BCUT2D eigenvalue weighted by molar-refractivity contribution is 0.181. The Balaban J connectivity index is 2.16. The summed E-state index contributed by atoms with van der Waals surface area (Å²) >= 11 is 7.47. The van der Waals surface area contributed by atoms with Crippen LogP contribution in [0.5, 0.6) is 0 Å². The molecule has 5 heteroatoms. The normalized spacial score (nSPS) is 12.6. The number of aryl methyl sites for hydroxylation is 2. The predicted octanol–water partition coefficient (Wildman–Crippen LogP) is 3.73. The zero-order chi connectivity index (χ0) is 13.8. The van der Waals surface area contributed by atoms with Gasteiger partial charge in [-0.25, -0.2) is 0 Å². The van der Waals surface area contributed by atoms with E-state index in [2.05, 4.69) is 16.5 Å². The molecule has 0 bridgehead atoms. The van der Waals surface area contributed by atoms with Crippen molar-refractivity contribution >= 4 is 23.1 Å². The highest BCUT2D eigenvalue weighted by atomic mass is 35.5. The van der Waals surface area contributed by atoms with Crippen LogP contribution in [0, 0.1) is 6.92 Å². The number of hydrogen-bond donors (Lipinski definition) is 1. The first-order chi connectivity index (χ1) is 9.11. The van der Waals surface area contributed by atoms with Crippen LogP contribution in [0.3, 0.4) is 0 Å². The second-order valence-corrected chi connectivity index (χ2v) is 5.84. The van der Waals surface area contributed by atoms with Crippen LogP contribution in [0.4, 0.5) is 0 Å². The Morgan fingerprint density at radius 1 is 1.42 bits per heavy atom. The molecule has 0 aliphatic rings. The van der Waals surface area contributed by atoms with E-state index in [-0.39, 0.29) is 0 Å². The third-order valence-corrected chi connectivity index (χ3v) is 4.22. The van der Waals surface area contributed by atoms with Gasteiger partial charge in [-0.1, -0.05) is 41.6 Å². The maximum atomic E-state index is 10.3. The minimum absolute atomic E-state index is 0.500. The monoisotopic (exact) mass is 296 g/mol. The average molecular weight is 297 g/mol. The molecule has 1 atom stereocenters. The summed E-state index contributed by atoms with van der Waals surface area (Å²) in [5.74, 6) is 0. The third kappa shape index (κ3) is 3.53. The van der Waals surface area contributed by atoms with Gasteiger partial charge in [0.05, 0.1) is 16.7 Å². The fraction of sp³-hybridized carbons (Fsp3) is 0.429. The molecule has 0 fully saturated rings. The molecule has 1 heterocycles. The summed E-state index contributed by atoms with van der Waals surface area (Å²) in [4.78, 5) is 0.860. The van der Waals surface area contributed by atoms with Gasteiger partial charge >= 0.3 is 0 Å². The van der Waals surface area contributed by atoms with Gasteiger partial charge in [-0.2, -0.15) is 0 Å². The van der Waals surface area contributed by atoms with Crippen molar-refractivity contribution < 1.29 is 5.11 Å². The first-order valence-corrected chi connectivity index (χ1v) is 7.51. The molecular formula is C14H17ClN2OS. The van der Waals surface area contributed by atoms with Crippen molar-refractivity contribution in [3.05, 3.63) is 44.9 Å². The van der Waals surface area contributed by atoms with Crippen LogP contribution in [-0.2, 0) is 12.8 Å². The fourth-order valence-corrected chi connectivity index (χ4v) is 2.99. The molecule has 102 valence electrons. The summed E-state index contributed by atoms with van der Waals surface area (Å²) in [5.41, 5.74) is 2.98. The fourth-order valence-electron chi connectivity index (χ4n) is 2.00. The van der Waals surface area contributed by atoms with Crippen molar-refractivity contribution in [2.45, 2.75) is 39.2 Å². The van der Waals surface area contributed by atoms with Gasteiger partial charge in [-0.15, -0.1) is 5.10 Å². The lowest BCUT2D eigenvalue weighted by atomic mass is 10.0. The Kier molecular flexibility index (Phi) is 4.91. The SMILES string of the molecule is CCCc1nnsc1C(O)Cc1ccc(C)cc1Cl. The Labute approximate surface area is 122 Å². The highest BCUT2D eigenvalue weighted by Gasteiger charge is 2.18. The number of halogens is 1. The molecule has 2 aromatic rings. The number of aliphatic hydroxyl groups excluding tert-OH is 1. The molecule has 1 N–H and O–H groups in total. The van der Waals surface area contributed by atoms with E-state index in [1.165, 1.54) is 11.5 Å². The molecule has 0 radical (unpaired) electrons. The Morgan fingerprint density at radius 2 is 2.21 bits per heavy atom. The van der Waals surface area contributed by atoms with Crippen LogP contribution in [0.2, 0.25) is 5.02 Å². The first-order valence-electron chi connectivity index (χ1n) is 6.36. The van der Waals surface area contributed by atoms with Gasteiger partial charge < -0.3 is 5.11 Å². The number of benzene rings is 1. The molecule has 3 nitrogen and oxygen atoms in total. The second kappa shape index (κ2) is 6.46. The molecule has 0 aliphatic carbocycles. The molecular weight excluding hydrogens is 280 g/mol. The molecule has 19 heavy (non-hydrogen) atoms. The summed E-state index contributed by atoms with van der Waals surface area (Å²) in [6.07, 6.45) is 1.77. The smallest absolute Gasteiger partial charge is 0.0957 e. The topological polar surface area (TPSA) is 46.0 Å². The Hall–Kier alpha value is -0.970. The third-order valence-electron chi connectivity index (χ3n) is 3.00. The van der Waals surface area contributed by atoms with E-state index in [4.69, 9.17) is 11.6 Å². The van der Waals surface area contributed by atoms with Gasteiger partial charge in [-0.3, -0.25) is 0 Å². The molecule has 0 amide bonds. The van der Waals surface area contributed by atoms with Gasteiger partial charge in [0.2, 0.25) is 0 Å². The molecule has 1 aromatic heterocycles. The first kappa shape index (κ1) is 14.4. The number of hydrogen-bond acceptors (Lipinski definition) is 4. The summed E-state index contributed by atoms with van der Waals surface area (Å²) in [6, 6.07) is 5.89. The maximum absolute atomic E-state index is 10.3. The van der Waals surface area contributed by atoms with E-state index in [1.807, 2.05) is 25.1 Å². The van der Waals surface area contributed by atoms with Crippen molar-refractivity contribution in [2.24, 2.45) is 0 Å². The van der Waals surface area contributed by atoms with Crippen molar-refractivity contribution in [3.8, 4) is 0 Å². The largest absolute Gasteiger partial charge is 0.387 e. The zero-order valence-electron chi connectivity index (χ0n) is 11.1. The minimum Gasteiger partial charge on any atom is -0.387 e. The maximum Gasteiger partial charge on any atom is 0.0957 e. The molecule has 0 saturated heterocycles. The van der Waals surface area contributed by atoms with E-state index >= 15 is 0 Å². The van der Waals surface area contributed by atoms with E-state index in [9.17, 15) is 5.11 Å². The summed E-state index contributed by atoms with van der Waals surface area (Å²) in [6.45, 7) is 4.09. The Morgan fingerprint density at radius 3 is 2.89 bits per heavy atom. The number of rotatable bonds is 5. The predicted molar refractivity (Wildman–Crippen MR) is 78.8 cm³/mol. The lowest BCUT2D eigenvalue weighted by Gasteiger charge is -2.11.